The molecule has 0 aliphatic heterocycles. The molecule has 0 unspecified atom stereocenters. The highest BCUT2D eigenvalue weighted by Crippen LogP contribution is 2.22. The number of thiophene rings is 1. The summed E-state index contributed by atoms with van der Waals surface area (Å²) < 4.78 is 5.80. The molecule has 184 valence electrons. The van der Waals surface area contributed by atoms with Crippen molar-refractivity contribution in [2.24, 2.45) is 0 Å². The third-order valence-electron chi connectivity index (χ3n) is 4.23. The summed E-state index contributed by atoms with van der Waals surface area (Å²) in [7, 11) is 8.17. The van der Waals surface area contributed by atoms with E-state index in [1.165, 1.54) is 9.75 Å². The van der Waals surface area contributed by atoms with Gasteiger partial charge in [-0.3, -0.25) is 10.1 Å². The average molecular weight is 514 g/mol. The number of nitro groups is 1. The Hall–Kier alpha value is -1.66. The molecule has 0 saturated carbocycles. The van der Waals surface area contributed by atoms with Crippen molar-refractivity contribution in [2.45, 2.75) is 24.6 Å². The van der Waals surface area contributed by atoms with Crippen LogP contribution >= 0.6 is 34.9 Å². The molecule has 0 aromatic carbocycles. The van der Waals surface area contributed by atoms with Gasteiger partial charge in [0.2, 0.25) is 0 Å². The number of rotatable bonds is 17. The Morgan fingerprint density at radius 2 is 1.58 bits per heavy atom. The van der Waals surface area contributed by atoms with Gasteiger partial charge in [-0.1, -0.05) is 0 Å². The topological polar surface area (TPSA) is 86.8 Å². The van der Waals surface area contributed by atoms with Crippen molar-refractivity contribution in [1.29, 1.82) is 0 Å². The summed E-state index contributed by atoms with van der Waals surface area (Å²) in [5.74, 6) is 5.81. The third-order valence-corrected chi connectivity index (χ3v) is 7.47. The van der Waals surface area contributed by atoms with Gasteiger partial charge in [-0.05, 0) is 52.5 Å². The van der Waals surface area contributed by atoms with Gasteiger partial charge in [0.1, 0.15) is 11.5 Å². The molecule has 11 heteroatoms. The highest BCUT2D eigenvalue weighted by Gasteiger charge is 2.06. The fourth-order valence-corrected chi connectivity index (χ4v) is 5.77. The summed E-state index contributed by atoms with van der Waals surface area (Å²) >= 11 is 5.40. The van der Waals surface area contributed by atoms with Crippen molar-refractivity contribution in [2.75, 3.05) is 52.8 Å². The standard InChI is InChI=1S/C22H35N5O3S3/c1-25(2)13-18-5-6-19(30-18)16-31-11-9-23-22(15-27(28)29)24-10-12-32-17-21-8-7-20(33-21)14-26(3)4/h5-8,15,23-24H,9-14,16-17H2,1-4H3/b22-15-. The SMILES string of the molecule is CN(C)Cc1ccc(CSCCN/C(=C/[N+](=O)[O-])NCCSCc2ccc(CN(C)C)s2)o1. The lowest BCUT2D eigenvalue weighted by Gasteiger charge is -2.11. The van der Waals surface area contributed by atoms with Gasteiger partial charge in [-0.15, -0.1) is 11.3 Å². The zero-order chi connectivity index (χ0) is 24.1. The van der Waals surface area contributed by atoms with Crippen LogP contribution in [0.15, 0.2) is 40.7 Å². The zero-order valence-electron chi connectivity index (χ0n) is 19.8. The molecule has 0 amide bonds. The molecule has 8 nitrogen and oxygen atoms in total. The van der Waals surface area contributed by atoms with E-state index in [1.54, 1.807) is 11.8 Å². The Kier molecular flexibility index (Phi) is 12.8. The summed E-state index contributed by atoms with van der Waals surface area (Å²) in [6.07, 6.45) is 1.00. The molecule has 0 fully saturated rings. The van der Waals surface area contributed by atoms with Crippen LogP contribution in [0.5, 0.6) is 0 Å². The molecular weight excluding hydrogens is 478 g/mol. The number of thioether (sulfide) groups is 2. The first-order valence-corrected chi connectivity index (χ1v) is 13.9. The maximum atomic E-state index is 10.9. The van der Waals surface area contributed by atoms with Crippen LogP contribution in [-0.2, 0) is 24.6 Å². The Bertz CT molecular complexity index is 807. The van der Waals surface area contributed by atoms with E-state index in [0.29, 0.717) is 18.9 Å². The summed E-state index contributed by atoms with van der Waals surface area (Å²) in [4.78, 5) is 17.5. The maximum absolute atomic E-state index is 10.9. The molecule has 0 aliphatic carbocycles. The Morgan fingerprint density at radius 1 is 0.970 bits per heavy atom. The van der Waals surface area contributed by atoms with E-state index in [0.717, 1.165) is 53.8 Å². The van der Waals surface area contributed by atoms with E-state index in [1.807, 2.05) is 49.3 Å². The lowest BCUT2D eigenvalue weighted by atomic mass is 10.4. The quantitative estimate of drug-likeness (QED) is 0.186. The maximum Gasteiger partial charge on any atom is 0.274 e. The molecule has 2 aromatic heterocycles. The fraction of sp³-hybridized carbons (Fsp3) is 0.545. The lowest BCUT2D eigenvalue weighted by Crippen LogP contribution is -2.30. The molecular formula is C22H35N5O3S3. The number of hydrogen-bond donors (Lipinski definition) is 2. The van der Waals surface area contributed by atoms with Crippen LogP contribution in [0.2, 0.25) is 0 Å². The van der Waals surface area contributed by atoms with E-state index in [9.17, 15) is 10.1 Å². The second-order valence-electron chi connectivity index (χ2n) is 8.00. The molecule has 33 heavy (non-hydrogen) atoms. The van der Waals surface area contributed by atoms with E-state index >= 15 is 0 Å². The molecule has 0 saturated heterocycles. The van der Waals surface area contributed by atoms with Crippen molar-refractivity contribution in [3.05, 3.63) is 67.7 Å². The van der Waals surface area contributed by atoms with Gasteiger partial charge in [0, 0.05) is 46.6 Å². The van der Waals surface area contributed by atoms with Gasteiger partial charge >= 0.3 is 0 Å². The van der Waals surface area contributed by atoms with Gasteiger partial charge in [0.15, 0.2) is 5.82 Å². The summed E-state index contributed by atoms with van der Waals surface area (Å²) in [5, 5.41) is 17.2. The van der Waals surface area contributed by atoms with Gasteiger partial charge in [-0.2, -0.15) is 23.5 Å². The minimum absolute atomic E-state index is 0.428. The van der Waals surface area contributed by atoms with Crippen LogP contribution in [-0.4, -0.2) is 67.5 Å². The fourth-order valence-electron chi connectivity index (χ4n) is 2.91. The predicted molar refractivity (Wildman–Crippen MR) is 141 cm³/mol. The van der Waals surface area contributed by atoms with Crippen LogP contribution in [0.4, 0.5) is 0 Å². The number of furan rings is 1. The van der Waals surface area contributed by atoms with Crippen LogP contribution in [0.25, 0.3) is 0 Å². The molecule has 2 aromatic rings. The zero-order valence-corrected chi connectivity index (χ0v) is 22.3. The molecule has 0 aliphatic rings. The first-order chi connectivity index (χ1) is 15.8. The van der Waals surface area contributed by atoms with Gasteiger partial charge in [-0.25, -0.2) is 0 Å². The summed E-state index contributed by atoms with van der Waals surface area (Å²) in [6, 6.07) is 8.39. The average Bonchev–Trinajstić information content (AvgIpc) is 3.35. The number of nitrogens with zero attached hydrogens (tertiary/aromatic N) is 3. The molecule has 0 bridgehead atoms. The normalized spacial score (nSPS) is 12.0. The van der Waals surface area contributed by atoms with E-state index in [-0.39, 0.29) is 0 Å². The molecule has 2 heterocycles. The van der Waals surface area contributed by atoms with Gasteiger partial charge in [0.05, 0.1) is 17.2 Å². The van der Waals surface area contributed by atoms with Crippen LogP contribution < -0.4 is 10.6 Å². The van der Waals surface area contributed by atoms with Crippen molar-refractivity contribution in [1.82, 2.24) is 20.4 Å². The van der Waals surface area contributed by atoms with Crippen LogP contribution in [0.1, 0.15) is 21.3 Å². The van der Waals surface area contributed by atoms with E-state index in [2.05, 4.69) is 46.7 Å². The second kappa shape index (κ2) is 15.3. The van der Waals surface area contributed by atoms with Crippen molar-refractivity contribution < 1.29 is 9.34 Å². The second-order valence-corrected chi connectivity index (χ2v) is 11.5. The Balaban J connectivity index is 1.61. The summed E-state index contributed by atoms with van der Waals surface area (Å²) in [5.41, 5.74) is 0. The summed E-state index contributed by atoms with van der Waals surface area (Å²) in [6.45, 7) is 3.06. The molecule has 0 atom stereocenters. The van der Waals surface area contributed by atoms with E-state index < -0.39 is 4.92 Å². The highest BCUT2D eigenvalue weighted by atomic mass is 32.2. The van der Waals surface area contributed by atoms with Crippen LogP contribution in [0, 0.1) is 10.1 Å². The van der Waals surface area contributed by atoms with Gasteiger partial charge < -0.3 is 24.9 Å². The monoisotopic (exact) mass is 513 g/mol. The Morgan fingerprint density at radius 3 is 2.21 bits per heavy atom. The van der Waals surface area contributed by atoms with Crippen molar-refractivity contribution >= 4 is 34.9 Å². The first kappa shape index (κ1) is 27.6. The Labute approximate surface area is 209 Å². The lowest BCUT2D eigenvalue weighted by molar-refractivity contribution is -0.404. The minimum atomic E-state index is -0.428. The molecule has 0 radical (unpaired) electrons. The minimum Gasteiger partial charge on any atom is -0.464 e. The first-order valence-electron chi connectivity index (χ1n) is 10.7. The third kappa shape index (κ3) is 12.4. The smallest absolute Gasteiger partial charge is 0.274 e. The predicted octanol–water partition coefficient (Wildman–Crippen LogP) is 3.89. The van der Waals surface area contributed by atoms with Crippen molar-refractivity contribution in [3.63, 3.8) is 0 Å². The molecule has 2 rings (SSSR count). The number of hydrogen-bond acceptors (Lipinski definition) is 10. The van der Waals surface area contributed by atoms with E-state index in [4.69, 9.17) is 4.42 Å². The number of nitrogens with one attached hydrogen (secondary N) is 2. The van der Waals surface area contributed by atoms with Gasteiger partial charge in [0.25, 0.3) is 6.20 Å². The molecule has 0 spiro atoms. The van der Waals surface area contributed by atoms with Crippen LogP contribution in [0.3, 0.4) is 0 Å². The highest BCUT2D eigenvalue weighted by molar-refractivity contribution is 7.98. The largest absolute Gasteiger partial charge is 0.464 e. The van der Waals surface area contributed by atoms with Crippen molar-refractivity contribution in [3.8, 4) is 0 Å². The molecule has 2 N–H and O–H groups in total.